The molecule has 1 amide bonds. The Morgan fingerprint density at radius 1 is 1.09 bits per heavy atom. The third-order valence-corrected chi connectivity index (χ3v) is 5.61. The van der Waals surface area contributed by atoms with Crippen molar-refractivity contribution in [3.63, 3.8) is 0 Å². The van der Waals surface area contributed by atoms with Crippen molar-refractivity contribution in [2.75, 3.05) is 5.32 Å². The lowest BCUT2D eigenvalue weighted by molar-refractivity contribution is -0.123. The Bertz CT molecular complexity index is 1440. The average molecular weight is 496 g/mol. The van der Waals surface area contributed by atoms with Crippen molar-refractivity contribution in [2.24, 2.45) is 0 Å². The minimum absolute atomic E-state index is 0.130. The van der Waals surface area contributed by atoms with E-state index in [9.17, 15) is 23.2 Å². The Hall–Kier alpha value is -4.25. The van der Waals surface area contributed by atoms with Gasteiger partial charge in [-0.3, -0.25) is 14.9 Å². The van der Waals surface area contributed by atoms with Crippen molar-refractivity contribution in [1.82, 2.24) is 14.8 Å². The first-order valence-corrected chi connectivity index (χ1v) is 11.2. The zero-order chi connectivity index (χ0) is 24.9. The molecule has 2 heterocycles. The minimum atomic E-state index is -1.20. The van der Waals surface area contributed by atoms with Crippen LogP contribution in [0.3, 0.4) is 0 Å². The summed E-state index contributed by atoms with van der Waals surface area (Å²) in [5.74, 6) is -3.51. The highest BCUT2D eigenvalue weighted by molar-refractivity contribution is 7.14. The average Bonchev–Trinajstić information content (AvgIpc) is 3.31. The third kappa shape index (κ3) is 5.82. The maximum atomic E-state index is 13.5. The van der Waals surface area contributed by atoms with E-state index < -0.39 is 35.2 Å². The quantitative estimate of drug-likeness (QED) is 0.390. The molecule has 1 atom stereocenters. The molecule has 0 spiro atoms. The molecule has 1 N–H and O–H groups in total. The predicted octanol–water partition coefficient (Wildman–Crippen LogP) is 3.88. The molecule has 0 fully saturated rings. The van der Waals surface area contributed by atoms with E-state index >= 15 is 0 Å². The van der Waals surface area contributed by atoms with Gasteiger partial charge in [0.1, 0.15) is 0 Å². The number of nitrogens with one attached hydrogen (secondary N) is 1. The summed E-state index contributed by atoms with van der Waals surface area (Å²) in [6.07, 6.45) is -1.20. The standard InChI is InChI=1S/C24H18F2N4O4S/c1-14(22(32)28-24-27-20(13-35-24)16-7-8-17(25)18(26)11-16)34-23(33)19-9-10-21(31)30(29-19)12-15-5-3-2-4-6-15/h2-11,13-14H,12H2,1H3,(H,27,28,32). The normalized spacial score (nSPS) is 11.6. The zero-order valence-corrected chi connectivity index (χ0v) is 19.1. The molecule has 0 aliphatic rings. The van der Waals surface area contributed by atoms with E-state index in [1.54, 1.807) is 5.38 Å². The zero-order valence-electron chi connectivity index (χ0n) is 18.3. The number of anilines is 1. The fourth-order valence-corrected chi connectivity index (χ4v) is 3.75. The second kappa shape index (κ2) is 10.3. The molecule has 2 aromatic carbocycles. The number of carbonyl (C=O) groups is 2. The molecule has 178 valence electrons. The number of halogens is 2. The smallest absolute Gasteiger partial charge is 0.359 e. The van der Waals surface area contributed by atoms with Gasteiger partial charge in [0.05, 0.1) is 12.2 Å². The van der Waals surface area contributed by atoms with Gasteiger partial charge in [-0.05, 0) is 36.8 Å². The van der Waals surface area contributed by atoms with Gasteiger partial charge in [0.25, 0.3) is 11.5 Å². The van der Waals surface area contributed by atoms with E-state index in [4.69, 9.17) is 4.74 Å². The van der Waals surface area contributed by atoms with Gasteiger partial charge in [0.2, 0.25) is 0 Å². The van der Waals surface area contributed by atoms with Gasteiger partial charge >= 0.3 is 5.97 Å². The van der Waals surface area contributed by atoms with E-state index in [-0.39, 0.29) is 17.4 Å². The van der Waals surface area contributed by atoms with E-state index in [0.29, 0.717) is 11.3 Å². The number of nitrogens with zero attached hydrogens (tertiary/aromatic N) is 3. The number of hydrogen-bond donors (Lipinski definition) is 1. The van der Waals surface area contributed by atoms with E-state index in [2.05, 4.69) is 15.4 Å². The summed E-state index contributed by atoms with van der Waals surface area (Å²) >= 11 is 1.07. The molecule has 11 heteroatoms. The summed E-state index contributed by atoms with van der Waals surface area (Å²) < 4.78 is 32.9. The van der Waals surface area contributed by atoms with Crippen molar-refractivity contribution in [3.8, 4) is 11.3 Å². The number of ether oxygens (including phenoxy) is 1. The van der Waals surface area contributed by atoms with Gasteiger partial charge in [-0.25, -0.2) is 23.2 Å². The van der Waals surface area contributed by atoms with Crippen LogP contribution in [0.5, 0.6) is 0 Å². The lowest BCUT2D eigenvalue weighted by Gasteiger charge is -2.12. The number of benzene rings is 2. The summed E-state index contributed by atoms with van der Waals surface area (Å²) in [4.78, 5) is 41.3. The molecule has 0 bridgehead atoms. The maximum Gasteiger partial charge on any atom is 0.359 e. The molecule has 4 rings (SSSR count). The van der Waals surface area contributed by atoms with Crippen molar-refractivity contribution in [1.29, 1.82) is 0 Å². The fraction of sp³-hybridized carbons (Fsp3) is 0.125. The van der Waals surface area contributed by atoms with E-state index in [0.717, 1.165) is 33.7 Å². The number of hydrogen-bond acceptors (Lipinski definition) is 7. The Morgan fingerprint density at radius 3 is 2.60 bits per heavy atom. The topological polar surface area (TPSA) is 103 Å². The summed E-state index contributed by atoms with van der Waals surface area (Å²) in [6, 6.07) is 14.9. The second-order valence-electron chi connectivity index (χ2n) is 7.40. The Morgan fingerprint density at radius 2 is 1.86 bits per heavy atom. The molecule has 0 radical (unpaired) electrons. The van der Waals surface area contributed by atoms with E-state index in [1.165, 1.54) is 25.1 Å². The second-order valence-corrected chi connectivity index (χ2v) is 8.26. The molecular formula is C24H18F2N4O4S. The number of aromatic nitrogens is 3. The highest BCUT2D eigenvalue weighted by atomic mass is 32.1. The minimum Gasteiger partial charge on any atom is -0.448 e. The third-order valence-electron chi connectivity index (χ3n) is 4.85. The van der Waals surface area contributed by atoms with E-state index in [1.807, 2.05) is 30.3 Å². The predicted molar refractivity (Wildman–Crippen MR) is 125 cm³/mol. The number of thiazole rings is 1. The maximum absolute atomic E-state index is 13.5. The van der Waals surface area contributed by atoms with Crippen molar-refractivity contribution >= 4 is 28.3 Å². The monoisotopic (exact) mass is 496 g/mol. The summed E-state index contributed by atoms with van der Waals surface area (Å²) in [6.45, 7) is 1.54. The summed E-state index contributed by atoms with van der Waals surface area (Å²) in [5.41, 5.74) is 0.994. The Kier molecular flexibility index (Phi) is 7.06. The first-order valence-electron chi connectivity index (χ1n) is 10.3. The molecule has 2 aromatic heterocycles. The van der Waals surface area contributed by atoms with Crippen LogP contribution in [-0.4, -0.2) is 32.7 Å². The molecule has 0 saturated carbocycles. The highest BCUT2D eigenvalue weighted by Gasteiger charge is 2.22. The first-order chi connectivity index (χ1) is 16.8. The highest BCUT2D eigenvalue weighted by Crippen LogP contribution is 2.26. The molecule has 8 nitrogen and oxygen atoms in total. The van der Waals surface area contributed by atoms with Crippen LogP contribution < -0.4 is 10.9 Å². The number of esters is 1. The van der Waals surface area contributed by atoms with Gasteiger partial charge in [0.15, 0.2) is 28.6 Å². The molecule has 0 aliphatic carbocycles. The van der Waals surface area contributed by atoms with Gasteiger partial charge in [-0.15, -0.1) is 11.3 Å². The fourth-order valence-electron chi connectivity index (χ4n) is 3.03. The lowest BCUT2D eigenvalue weighted by Crippen LogP contribution is -2.31. The van der Waals surface area contributed by atoms with Crippen LogP contribution in [0, 0.1) is 11.6 Å². The van der Waals surface area contributed by atoms with Crippen molar-refractivity contribution in [2.45, 2.75) is 19.6 Å². The largest absolute Gasteiger partial charge is 0.448 e. The summed E-state index contributed by atoms with van der Waals surface area (Å²) in [5, 5.41) is 8.32. The van der Waals surface area contributed by atoms with Crippen LogP contribution in [0.2, 0.25) is 0 Å². The van der Waals surface area contributed by atoms with Crippen LogP contribution in [-0.2, 0) is 16.1 Å². The van der Waals surface area contributed by atoms with Gasteiger partial charge in [-0.1, -0.05) is 30.3 Å². The molecule has 1 unspecified atom stereocenters. The molecule has 0 aliphatic heterocycles. The SMILES string of the molecule is CC(OC(=O)c1ccc(=O)n(Cc2ccccc2)n1)C(=O)Nc1nc(-c2ccc(F)c(F)c2)cs1. The van der Waals surface area contributed by atoms with Crippen LogP contribution in [0.25, 0.3) is 11.3 Å². The van der Waals surface area contributed by atoms with Crippen molar-refractivity contribution in [3.05, 3.63) is 99.3 Å². The molecule has 0 saturated heterocycles. The molecule has 35 heavy (non-hydrogen) atoms. The van der Waals surface area contributed by atoms with Gasteiger partial charge in [-0.2, -0.15) is 5.10 Å². The Balaban J connectivity index is 1.39. The van der Waals surface area contributed by atoms with Crippen molar-refractivity contribution < 1.29 is 23.1 Å². The van der Waals surface area contributed by atoms with Crippen LogP contribution in [0.15, 0.2) is 70.8 Å². The number of carbonyl (C=O) groups excluding carboxylic acids is 2. The number of amides is 1. The Labute approximate surface area is 201 Å². The van der Waals surface area contributed by atoms with Gasteiger partial charge < -0.3 is 4.74 Å². The van der Waals surface area contributed by atoms with Crippen LogP contribution >= 0.6 is 11.3 Å². The van der Waals surface area contributed by atoms with Gasteiger partial charge in [0, 0.05) is 17.0 Å². The molecular weight excluding hydrogens is 478 g/mol. The molecule has 4 aromatic rings. The summed E-state index contributed by atoms with van der Waals surface area (Å²) in [7, 11) is 0. The first kappa shape index (κ1) is 23.9. The van der Waals surface area contributed by atoms with Crippen LogP contribution in [0.4, 0.5) is 13.9 Å². The number of rotatable bonds is 7. The lowest BCUT2D eigenvalue weighted by atomic mass is 10.2. The van der Waals surface area contributed by atoms with Crippen LogP contribution in [0.1, 0.15) is 23.0 Å².